The van der Waals surface area contributed by atoms with Gasteiger partial charge in [0.2, 0.25) is 0 Å². The molecular weight excluding hydrogens is 270 g/mol. The summed E-state index contributed by atoms with van der Waals surface area (Å²) < 4.78 is 0. The van der Waals surface area contributed by atoms with Gasteiger partial charge in [0.25, 0.3) is 0 Å². The van der Waals surface area contributed by atoms with Gasteiger partial charge in [0.05, 0.1) is 0 Å². The van der Waals surface area contributed by atoms with E-state index >= 15 is 0 Å². The summed E-state index contributed by atoms with van der Waals surface area (Å²) in [6.45, 7) is 12.6. The number of hydrogen-bond acceptors (Lipinski definition) is 3. The van der Waals surface area contributed by atoms with Crippen LogP contribution in [0.25, 0.3) is 0 Å². The molecular formula is C16H28ClN3. The van der Waals surface area contributed by atoms with Gasteiger partial charge in [0, 0.05) is 30.3 Å². The van der Waals surface area contributed by atoms with E-state index in [4.69, 9.17) is 17.3 Å². The molecule has 4 heteroatoms. The molecule has 2 N–H and O–H groups in total. The molecule has 0 aliphatic rings. The largest absolute Gasteiger partial charge is 0.372 e. The molecule has 0 saturated carbocycles. The molecule has 0 atom stereocenters. The van der Waals surface area contributed by atoms with Gasteiger partial charge < -0.3 is 15.5 Å². The fraction of sp³-hybridized carbons (Fsp3) is 0.625. The van der Waals surface area contributed by atoms with Gasteiger partial charge in [-0.05, 0) is 50.7 Å². The Hall–Kier alpha value is -0.770. The number of rotatable bonds is 9. The molecule has 1 aromatic rings. The molecule has 20 heavy (non-hydrogen) atoms. The van der Waals surface area contributed by atoms with Gasteiger partial charge in [-0.3, -0.25) is 0 Å². The van der Waals surface area contributed by atoms with E-state index in [-0.39, 0.29) is 0 Å². The Bertz CT molecular complexity index is 391. The van der Waals surface area contributed by atoms with Crippen LogP contribution in [0, 0.1) is 0 Å². The fourth-order valence-corrected chi connectivity index (χ4v) is 2.65. The smallest absolute Gasteiger partial charge is 0.0471 e. The molecule has 0 radical (unpaired) electrons. The second-order valence-corrected chi connectivity index (χ2v) is 5.35. The third-order valence-electron chi connectivity index (χ3n) is 3.80. The van der Waals surface area contributed by atoms with Crippen LogP contribution in [0.15, 0.2) is 18.2 Å². The molecule has 0 bridgehead atoms. The zero-order chi connectivity index (χ0) is 15.0. The van der Waals surface area contributed by atoms with Crippen molar-refractivity contribution in [3.8, 4) is 0 Å². The maximum absolute atomic E-state index is 6.25. The third-order valence-corrected chi connectivity index (χ3v) is 4.15. The fourth-order valence-electron chi connectivity index (χ4n) is 2.39. The molecule has 0 aliphatic carbocycles. The summed E-state index contributed by atoms with van der Waals surface area (Å²) in [5.41, 5.74) is 7.85. The molecule has 1 rings (SSSR count). The van der Waals surface area contributed by atoms with Crippen molar-refractivity contribution in [2.75, 3.05) is 37.6 Å². The molecule has 0 unspecified atom stereocenters. The van der Waals surface area contributed by atoms with E-state index in [2.05, 4.69) is 36.6 Å². The summed E-state index contributed by atoms with van der Waals surface area (Å²) in [6.07, 6.45) is 1.17. The van der Waals surface area contributed by atoms with Gasteiger partial charge in [-0.15, -0.1) is 0 Å². The van der Waals surface area contributed by atoms with Gasteiger partial charge in [0.1, 0.15) is 0 Å². The molecule has 0 aromatic heterocycles. The SMILES string of the molecule is CCN(CC)CCCN(CC)c1ccc(CN)c(Cl)c1. The maximum atomic E-state index is 6.25. The third kappa shape index (κ3) is 4.97. The van der Waals surface area contributed by atoms with E-state index in [9.17, 15) is 0 Å². The Labute approximate surface area is 128 Å². The Balaban J connectivity index is 2.59. The number of anilines is 1. The highest BCUT2D eigenvalue weighted by molar-refractivity contribution is 6.31. The van der Waals surface area contributed by atoms with Crippen LogP contribution in [-0.2, 0) is 6.54 Å². The number of nitrogens with zero attached hydrogens (tertiary/aromatic N) is 2. The van der Waals surface area contributed by atoms with Crippen LogP contribution in [0.3, 0.4) is 0 Å². The lowest BCUT2D eigenvalue weighted by atomic mass is 10.2. The van der Waals surface area contributed by atoms with E-state index in [0.717, 1.165) is 43.3 Å². The molecule has 114 valence electrons. The van der Waals surface area contributed by atoms with Gasteiger partial charge >= 0.3 is 0 Å². The van der Waals surface area contributed by atoms with Crippen LogP contribution in [-0.4, -0.2) is 37.6 Å². The van der Waals surface area contributed by atoms with Crippen LogP contribution in [0.5, 0.6) is 0 Å². The highest BCUT2D eigenvalue weighted by Gasteiger charge is 2.08. The van der Waals surface area contributed by atoms with Crippen molar-refractivity contribution in [1.82, 2.24) is 4.90 Å². The van der Waals surface area contributed by atoms with Crippen molar-refractivity contribution in [3.05, 3.63) is 28.8 Å². The van der Waals surface area contributed by atoms with Crippen molar-refractivity contribution in [2.24, 2.45) is 5.73 Å². The summed E-state index contributed by atoms with van der Waals surface area (Å²) >= 11 is 6.25. The van der Waals surface area contributed by atoms with E-state index in [1.807, 2.05) is 12.1 Å². The first kappa shape index (κ1) is 17.3. The molecule has 0 saturated heterocycles. The zero-order valence-corrected chi connectivity index (χ0v) is 13.8. The Morgan fingerprint density at radius 3 is 2.25 bits per heavy atom. The minimum atomic E-state index is 0.493. The number of halogens is 1. The molecule has 0 fully saturated rings. The summed E-state index contributed by atoms with van der Waals surface area (Å²) in [5, 5.41) is 0.771. The van der Waals surface area contributed by atoms with Crippen LogP contribution in [0.2, 0.25) is 5.02 Å². The van der Waals surface area contributed by atoms with Crippen LogP contribution in [0.4, 0.5) is 5.69 Å². The van der Waals surface area contributed by atoms with Crippen LogP contribution >= 0.6 is 11.6 Å². The average molecular weight is 298 g/mol. The molecule has 0 heterocycles. The topological polar surface area (TPSA) is 32.5 Å². The quantitative estimate of drug-likeness (QED) is 0.758. The summed E-state index contributed by atoms with van der Waals surface area (Å²) in [5.74, 6) is 0. The first-order chi connectivity index (χ1) is 9.65. The second kappa shape index (κ2) is 9.22. The highest BCUT2D eigenvalue weighted by atomic mass is 35.5. The van der Waals surface area contributed by atoms with Gasteiger partial charge in [-0.1, -0.05) is 31.5 Å². The lowest BCUT2D eigenvalue weighted by Gasteiger charge is -2.25. The van der Waals surface area contributed by atoms with Crippen molar-refractivity contribution in [3.63, 3.8) is 0 Å². The highest BCUT2D eigenvalue weighted by Crippen LogP contribution is 2.23. The lowest BCUT2D eigenvalue weighted by molar-refractivity contribution is 0.301. The summed E-state index contributed by atoms with van der Waals surface area (Å²) in [6, 6.07) is 6.18. The lowest BCUT2D eigenvalue weighted by Crippen LogP contribution is -2.30. The van der Waals surface area contributed by atoms with Gasteiger partial charge in [-0.25, -0.2) is 0 Å². The van der Waals surface area contributed by atoms with E-state index in [1.54, 1.807) is 0 Å². The van der Waals surface area contributed by atoms with Crippen molar-refractivity contribution >= 4 is 17.3 Å². The standard InChI is InChI=1S/C16H28ClN3/c1-4-19(5-2)10-7-11-20(6-3)15-9-8-14(13-18)16(17)12-15/h8-9,12H,4-7,10-11,13,18H2,1-3H3. The van der Waals surface area contributed by atoms with Crippen LogP contribution < -0.4 is 10.6 Å². The zero-order valence-electron chi connectivity index (χ0n) is 13.0. The minimum absolute atomic E-state index is 0.493. The predicted molar refractivity (Wildman–Crippen MR) is 89.6 cm³/mol. The summed E-state index contributed by atoms with van der Waals surface area (Å²) in [7, 11) is 0. The minimum Gasteiger partial charge on any atom is -0.372 e. The van der Waals surface area contributed by atoms with Crippen molar-refractivity contribution < 1.29 is 0 Å². The Kier molecular flexibility index (Phi) is 7.97. The number of benzene rings is 1. The molecule has 1 aromatic carbocycles. The second-order valence-electron chi connectivity index (χ2n) is 4.94. The molecule has 3 nitrogen and oxygen atoms in total. The monoisotopic (exact) mass is 297 g/mol. The molecule has 0 spiro atoms. The maximum Gasteiger partial charge on any atom is 0.0471 e. The van der Waals surface area contributed by atoms with Crippen LogP contribution in [0.1, 0.15) is 32.8 Å². The Morgan fingerprint density at radius 2 is 1.75 bits per heavy atom. The van der Waals surface area contributed by atoms with Crippen molar-refractivity contribution in [1.29, 1.82) is 0 Å². The predicted octanol–water partition coefficient (Wildman–Crippen LogP) is 3.36. The average Bonchev–Trinajstić information content (AvgIpc) is 2.47. The number of nitrogens with two attached hydrogens (primary N) is 1. The van der Waals surface area contributed by atoms with Gasteiger partial charge in [0.15, 0.2) is 0 Å². The van der Waals surface area contributed by atoms with E-state index in [0.29, 0.717) is 6.54 Å². The Morgan fingerprint density at radius 1 is 1.05 bits per heavy atom. The normalized spacial score (nSPS) is 11.1. The van der Waals surface area contributed by atoms with E-state index < -0.39 is 0 Å². The van der Waals surface area contributed by atoms with Gasteiger partial charge in [-0.2, -0.15) is 0 Å². The first-order valence-electron chi connectivity index (χ1n) is 7.61. The van der Waals surface area contributed by atoms with E-state index in [1.165, 1.54) is 12.1 Å². The molecule has 0 amide bonds. The summed E-state index contributed by atoms with van der Waals surface area (Å²) in [4.78, 5) is 4.83. The first-order valence-corrected chi connectivity index (χ1v) is 7.99. The molecule has 0 aliphatic heterocycles. The number of hydrogen-bond donors (Lipinski definition) is 1. The van der Waals surface area contributed by atoms with Crippen molar-refractivity contribution in [2.45, 2.75) is 33.7 Å².